The summed E-state index contributed by atoms with van der Waals surface area (Å²) in [5.41, 5.74) is 0. The number of esters is 1. The summed E-state index contributed by atoms with van der Waals surface area (Å²) in [6, 6.07) is 0. The van der Waals surface area contributed by atoms with Crippen LogP contribution in [0.25, 0.3) is 0 Å². The van der Waals surface area contributed by atoms with E-state index in [0.717, 1.165) is 6.42 Å². The van der Waals surface area contributed by atoms with Gasteiger partial charge in [0.05, 0.1) is 7.11 Å². The molecule has 68 valence electrons. The number of rotatable bonds is 5. The molecular weight excluding hydrogens is 152 g/mol. The van der Waals surface area contributed by atoms with Gasteiger partial charge < -0.3 is 4.74 Å². The molecule has 2 heteroatoms. The Morgan fingerprint density at radius 2 is 2.17 bits per heavy atom. The van der Waals surface area contributed by atoms with E-state index in [9.17, 15) is 4.79 Å². The van der Waals surface area contributed by atoms with Crippen LogP contribution in [0.1, 0.15) is 26.2 Å². The Morgan fingerprint density at radius 3 is 2.75 bits per heavy atom. The zero-order chi connectivity index (χ0) is 9.23. The SMILES string of the molecule is CCCC/C=C/C=C\C(=O)OC. The molecule has 0 amide bonds. The van der Waals surface area contributed by atoms with Crippen molar-refractivity contribution in [2.75, 3.05) is 7.11 Å². The second kappa shape index (κ2) is 8.05. The molecule has 0 aromatic rings. The van der Waals surface area contributed by atoms with E-state index in [1.54, 1.807) is 6.08 Å². The van der Waals surface area contributed by atoms with Crippen LogP contribution in [0.3, 0.4) is 0 Å². The minimum Gasteiger partial charge on any atom is -0.466 e. The van der Waals surface area contributed by atoms with Crippen molar-refractivity contribution in [3.8, 4) is 0 Å². The fraction of sp³-hybridized carbons (Fsp3) is 0.500. The second-order valence-electron chi connectivity index (χ2n) is 2.45. The van der Waals surface area contributed by atoms with Crippen molar-refractivity contribution in [2.45, 2.75) is 26.2 Å². The van der Waals surface area contributed by atoms with Crippen molar-refractivity contribution in [2.24, 2.45) is 0 Å². The smallest absolute Gasteiger partial charge is 0.330 e. The van der Waals surface area contributed by atoms with Crippen LogP contribution in [-0.2, 0) is 9.53 Å². The molecule has 0 aliphatic carbocycles. The van der Waals surface area contributed by atoms with Crippen molar-refractivity contribution in [1.29, 1.82) is 0 Å². The third-order valence-corrected chi connectivity index (χ3v) is 1.41. The average Bonchev–Trinajstić information content (AvgIpc) is 2.10. The molecule has 0 atom stereocenters. The highest BCUT2D eigenvalue weighted by Crippen LogP contribution is 1.94. The van der Waals surface area contributed by atoms with Crippen LogP contribution in [0.15, 0.2) is 24.3 Å². The molecular formula is C10H16O2. The molecule has 0 aromatic carbocycles. The summed E-state index contributed by atoms with van der Waals surface area (Å²) < 4.78 is 4.42. The molecule has 0 saturated heterocycles. The molecule has 12 heavy (non-hydrogen) atoms. The van der Waals surface area contributed by atoms with Gasteiger partial charge in [-0.25, -0.2) is 4.79 Å². The lowest BCUT2D eigenvalue weighted by Gasteiger charge is -1.87. The van der Waals surface area contributed by atoms with E-state index in [0.29, 0.717) is 0 Å². The zero-order valence-electron chi connectivity index (χ0n) is 7.75. The summed E-state index contributed by atoms with van der Waals surface area (Å²) in [6.07, 6.45) is 10.5. The van der Waals surface area contributed by atoms with Crippen LogP contribution in [-0.4, -0.2) is 13.1 Å². The number of methoxy groups -OCH3 is 1. The van der Waals surface area contributed by atoms with Crippen molar-refractivity contribution in [3.05, 3.63) is 24.3 Å². The molecule has 0 aromatic heterocycles. The Bertz CT molecular complexity index is 169. The third-order valence-electron chi connectivity index (χ3n) is 1.41. The monoisotopic (exact) mass is 168 g/mol. The van der Waals surface area contributed by atoms with Crippen molar-refractivity contribution < 1.29 is 9.53 Å². The van der Waals surface area contributed by atoms with Crippen molar-refractivity contribution in [3.63, 3.8) is 0 Å². The lowest BCUT2D eigenvalue weighted by molar-refractivity contribution is -0.134. The number of hydrogen-bond donors (Lipinski definition) is 0. The molecule has 0 aliphatic heterocycles. The van der Waals surface area contributed by atoms with Gasteiger partial charge in [0.2, 0.25) is 0 Å². The molecule has 0 rings (SSSR count). The Morgan fingerprint density at radius 1 is 1.42 bits per heavy atom. The number of allylic oxidation sites excluding steroid dienone is 3. The van der Waals surface area contributed by atoms with Crippen LogP contribution in [0.5, 0.6) is 0 Å². The first-order valence-corrected chi connectivity index (χ1v) is 4.22. The van der Waals surface area contributed by atoms with Gasteiger partial charge in [0.1, 0.15) is 0 Å². The Hall–Kier alpha value is -1.05. The highest BCUT2D eigenvalue weighted by molar-refractivity contribution is 5.82. The fourth-order valence-corrected chi connectivity index (χ4v) is 0.699. The van der Waals surface area contributed by atoms with E-state index in [4.69, 9.17) is 0 Å². The van der Waals surface area contributed by atoms with E-state index < -0.39 is 0 Å². The maximum Gasteiger partial charge on any atom is 0.330 e. The van der Waals surface area contributed by atoms with Crippen molar-refractivity contribution >= 4 is 5.97 Å². The van der Waals surface area contributed by atoms with E-state index in [1.807, 2.05) is 12.2 Å². The van der Waals surface area contributed by atoms with Gasteiger partial charge in [-0.15, -0.1) is 0 Å². The standard InChI is InChI=1S/C10H16O2/c1-3-4-5-6-7-8-9-10(11)12-2/h6-9H,3-5H2,1-2H3/b7-6+,9-8-. The van der Waals surface area contributed by atoms with Gasteiger partial charge in [-0.2, -0.15) is 0 Å². The normalized spacial score (nSPS) is 11.2. The fourth-order valence-electron chi connectivity index (χ4n) is 0.699. The molecule has 0 heterocycles. The Kier molecular flexibility index (Phi) is 7.35. The first kappa shape index (κ1) is 11.0. The van der Waals surface area contributed by atoms with Gasteiger partial charge >= 0.3 is 5.97 Å². The Labute approximate surface area is 73.9 Å². The number of carbonyl (C=O) groups excluding carboxylic acids is 1. The third kappa shape index (κ3) is 7.06. The number of hydrogen-bond acceptors (Lipinski definition) is 2. The van der Waals surface area contributed by atoms with Crippen LogP contribution in [0.4, 0.5) is 0 Å². The van der Waals surface area contributed by atoms with Gasteiger partial charge in [-0.3, -0.25) is 0 Å². The van der Waals surface area contributed by atoms with Gasteiger partial charge in [0, 0.05) is 6.08 Å². The molecule has 0 aliphatic rings. The van der Waals surface area contributed by atoms with E-state index in [1.165, 1.54) is 26.0 Å². The summed E-state index contributed by atoms with van der Waals surface area (Å²) in [5.74, 6) is -0.310. The number of carbonyl (C=O) groups is 1. The van der Waals surface area contributed by atoms with Gasteiger partial charge in [0.15, 0.2) is 0 Å². The molecule has 0 spiro atoms. The van der Waals surface area contributed by atoms with Crippen LogP contribution in [0, 0.1) is 0 Å². The molecule has 0 saturated carbocycles. The van der Waals surface area contributed by atoms with Crippen LogP contribution >= 0.6 is 0 Å². The summed E-state index contributed by atoms with van der Waals surface area (Å²) >= 11 is 0. The molecule has 0 radical (unpaired) electrons. The summed E-state index contributed by atoms with van der Waals surface area (Å²) in [7, 11) is 1.37. The van der Waals surface area contributed by atoms with E-state index in [2.05, 4.69) is 11.7 Å². The molecule has 0 N–H and O–H groups in total. The highest BCUT2D eigenvalue weighted by Gasteiger charge is 1.86. The predicted molar refractivity (Wildman–Crippen MR) is 49.8 cm³/mol. The van der Waals surface area contributed by atoms with Gasteiger partial charge in [0.25, 0.3) is 0 Å². The molecule has 0 bridgehead atoms. The van der Waals surface area contributed by atoms with Gasteiger partial charge in [-0.05, 0) is 6.42 Å². The topological polar surface area (TPSA) is 26.3 Å². The highest BCUT2D eigenvalue weighted by atomic mass is 16.5. The number of ether oxygens (including phenoxy) is 1. The first-order chi connectivity index (χ1) is 5.81. The van der Waals surface area contributed by atoms with E-state index in [-0.39, 0.29) is 5.97 Å². The predicted octanol–water partition coefficient (Wildman–Crippen LogP) is 2.46. The molecule has 2 nitrogen and oxygen atoms in total. The molecule has 0 unspecified atom stereocenters. The van der Waals surface area contributed by atoms with Crippen LogP contribution < -0.4 is 0 Å². The minimum absolute atomic E-state index is 0.310. The summed E-state index contributed by atoms with van der Waals surface area (Å²) in [4.78, 5) is 10.6. The average molecular weight is 168 g/mol. The maximum atomic E-state index is 10.6. The lowest BCUT2D eigenvalue weighted by atomic mass is 10.2. The largest absolute Gasteiger partial charge is 0.466 e. The number of unbranched alkanes of at least 4 members (excludes halogenated alkanes) is 2. The Balaban J connectivity index is 3.45. The maximum absolute atomic E-state index is 10.6. The zero-order valence-corrected chi connectivity index (χ0v) is 7.75. The second-order valence-corrected chi connectivity index (χ2v) is 2.45. The first-order valence-electron chi connectivity index (χ1n) is 4.22. The summed E-state index contributed by atoms with van der Waals surface area (Å²) in [6.45, 7) is 2.15. The van der Waals surface area contributed by atoms with Crippen molar-refractivity contribution in [1.82, 2.24) is 0 Å². The van der Waals surface area contributed by atoms with Gasteiger partial charge in [-0.1, -0.05) is 38.0 Å². The molecule has 0 fully saturated rings. The quantitative estimate of drug-likeness (QED) is 0.273. The lowest BCUT2D eigenvalue weighted by Crippen LogP contribution is -1.92. The summed E-state index contributed by atoms with van der Waals surface area (Å²) in [5, 5.41) is 0. The van der Waals surface area contributed by atoms with Crippen LogP contribution in [0.2, 0.25) is 0 Å². The minimum atomic E-state index is -0.310. The van der Waals surface area contributed by atoms with E-state index >= 15 is 0 Å².